The molecule has 1 aliphatic carbocycles. The maximum Gasteiger partial charge on any atom is 0.174 e. The predicted molar refractivity (Wildman–Crippen MR) is 318 cm³/mol. The van der Waals surface area contributed by atoms with E-state index in [4.69, 9.17) is 18.2 Å². The molecule has 0 amide bonds. The molecule has 6 aromatic rings. The molecule has 5 heterocycles. The molecule has 0 N–H and O–H groups in total. The number of benzene rings is 1. The van der Waals surface area contributed by atoms with Gasteiger partial charge >= 0.3 is 0 Å². The zero-order valence-corrected chi connectivity index (χ0v) is 50.0. The highest BCUT2D eigenvalue weighted by molar-refractivity contribution is 7.27. The van der Waals surface area contributed by atoms with Gasteiger partial charge in [-0.1, -0.05) is 158 Å². The summed E-state index contributed by atoms with van der Waals surface area (Å²) in [6.45, 7) is 24.4. The quantitative estimate of drug-likeness (QED) is 0.0384. The van der Waals surface area contributed by atoms with Gasteiger partial charge in [0.15, 0.2) is 17.3 Å². The van der Waals surface area contributed by atoms with Crippen LogP contribution in [0.2, 0.25) is 0 Å². The second-order valence-corrected chi connectivity index (χ2v) is 27.7. The monoisotopic (exact) mass is 1070 g/mol. The number of carbonyl (C=O) groups is 1. The highest BCUT2D eigenvalue weighted by atomic mass is 32.1. The Labute approximate surface area is 455 Å². The Kier molecular flexibility index (Phi) is 21.9. The molecule has 7 rings (SSSR count). The van der Waals surface area contributed by atoms with Crippen molar-refractivity contribution in [2.24, 2.45) is 23.7 Å². The van der Waals surface area contributed by atoms with E-state index in [1.54, 1.807) is 22.7 Å². The average molecular weight is 1070 g/mol. The summed E-state index contributed by atoms with van der Waals surface area (Å²) >= 11 is 8.56. The second kappa shape index (κ2) is 27.8. The number of hydrogen-bond acceptors (Lipinski definition) is 10. The molecule has 5 aromatic heterocycles. The highest BCUT2D eigenvalue weighted by Crippen LogP contribution is 2.58. The fraction of sp³-hybridized carbons (Fsp3) is 0.629. The predicted octanol–water partition coefficient (Wildman–Crippen LogP) is 21.6. The van der Waals surface area contributed by atoms with Gasteiger partial charge in [-0.2, -0.15) is 8.75 Å². The van der Waals surface area contributed by atoms with Gasteiger partial charge in [-0.15, -0.1) is 45.3 Å². The van der Waals surface area contributed by atoms with E-state index >= 15 is 4.79 Å². The van der Waals surface area contributed by atoms with Gasteiger partial charge < -0.3 is 9.47 Å². The van der Waals surface area contributed by atoms with Crippen LogP contribution in [0.5, 0.6) is 11.5 Å². The largest absolute Gasteiger partial charge is 0.489 e. The number of thiophene rings is 4. The molecule has 1 aliphatic rings. The SMILES string of the molecule is CCCCCCCCOc1c(OCCCCCCCC)c(-c2ccc(-c3cc4c(s3)-c3sc(C)cc3C(CCC(C)CCCC(C)C)(CCC(C)CCCC(C)C)C4=O)s2)c2nsnc2c1-c1ccc(C)s1. The van der Waals surface area contributed by atoms with E-state index in [0.717, 1.165) is 117 Å². The standard InChI is InChI=1S/C62H88N2O3S5/c1-11-13-15-17-19-21-37-66-57-53(50-30-29-45(9)68-50)55-56(64-72-63-55)54(58(57)67-38-22-20-18-16-14-12-2)51-32-31-49(70-51)52-40-47-59(71-52)60-48(39-46(10)69-60)62(61(47)65,35-33-43(7)27-23-25-41(3)4)36-34-44(8)28-24-26-42(5)6/h29-32,39-44H,11-28,33-38H2,1-10H3. The van der Waals surface area contributed by atoms with Gasteiger partial charge in [0, 0.05) is 39.7 Å². The van der Waals surface area contributed by atoms with Crippen LogP contribution >= 0.6 is 57.1 Å². The van der Waals surface area contributed by atoms with Crippen molar-refractivity contribution in [1.29, 1.82) is 0 Å². The minimum atomic E-state index is -0.495. The zero-order valence-electron chi connectivity index (χ0n) is 45.9. The maximum atomic E-state index is 15.7. The molecule has 0 spiro atoms. The summed E-state index contributed by atoms with van der Waals surface area (Å²) in [5.74, 6) is 4.60. The number of aryl methyl sites for hydroxylation is 2. The van der Waals surface area contributed by atoms with E-state index in [1.807, 2.05) is 22.7 Å². The summed E-state index contributed by atoms with van der Waals surface area (Å²) in [7, 11) is 0. The van der Waals surface area contributed by atoms with Gasteiger partial charge in [0.2, 0.25) is 0 Å². The first-order chi connectivity index (χ1) is 34.8. The molecule has 2 unspecified atom stereocenters. The van der Waals surface area contributed by atoms with Gasteiger partial charge in [-0.05, 0) is 118 Å². The zero-order chi connectivity index (χ0) is 51.2. The van der Waals surface area contributed by atoms with Crippen molar-refractivity contribution in [2.75, 3.05) is 13.2 Å². The van der Waals surface area contributed by atoms with Crippen LogP contribution in [-0.4, -0.2) is 27.7 Å². The van der Waals surface area contributed by atoms with Crippen LogP contribution in [0.4, 0.5) is 0 Å². The maximum absolute atomic E-state index is 15.7. The smallest absolute Gasteiger partial charge is 0.174 e. The summed E-state index contributed by atoms with van der Waals surface area (Å²) in [6, 6.07) is 13.6. The third-order valence-electron chi connectivity index (χ3n) is 15.3. The van der Waals surface area contributed by atoms with Crippen molar-refractivity contribution in [3.05, 3.63) is 57.3 Å². The van der Waals surface area contributed by atoms with Gasteiger partial charge in [0.25, 0.3) is 0 Å². The summed E-state index contributed by atoms with van der Waals surface area (Å²) in [6.07, 6.45) is 25.9. The summed E-state index contributed by atoms with van der Waals surface area (Å²) in [5, 5.41) is 0. The Balaban J connectivity index is 1.26. The van der Waals surface area contributed by atoms with Crippen molar-refractivity contribution in [2.45, 2.75) is 216 Å². The minimum absolute atomic E-state index is 0.359. The van der Waals surface area contributed by atoms with E-state index in [-0.39, 0.29) is 0 Å². The molecule has 0 fully saturated rings. The Hall–Kier alpha value is -2.89. The molecular weight excluding hydrogens is 981 g/mol. The average Bonchev–Trinajstić information content (AvgIpc) is 4.22. The van der Waals surface area contributed by atoms with E-state index in [9.17, 15) is 0 Å². The van der Waals surface area contributed by atoms with Crippen molar-refractivity contribution in [1.82, 2.24) is 8.75 Å². The number of Topliss-reactive ketones (excluding diaryl/α,β-unsaturated/α-hetero) is 1. The Bertz CT molecular complexity index is 2580. The van der Waals surface area contributed by atoms with E-state index in [0.29, 0.717) is 30.8 Å². The normalized spacial score (nSPS) is 15.5. The van der Waals surface area contributed by atoms with Gasteiger partial charge in [0.1, 0.15) is 11.0 Å². The van der Waals surface area contributed by atoms with Crippen LogP contribution in [0.25, 0.3) is 51.4 Å². The van der Waals surface area contributed by atoms with E-state index in [1.165, 1.54) is 132 Å². The third kappa shape index (κ3) is 14.3. The number of fused-ring (bicyclic) bond motifs is 4. The molecule has 0 saturated carbocycles. The lowest BCUT2D eigenvalue weighted by Crippen LogP contribution is -2.39. The number of ketones is 1. The van der Waals surface area contributed by atoms with Crippen LogP contribution in [0, 0.1) is 37.5 Å². The van der Waals surface area contributed by atoms with Crippen molar-refractivity contribution in [3.8, 4) is 51.9 Å². The van der Waals surface area contributed by atoms with Crippen LogP contribution in [-0.2, 0) is 5.41 Å². The molecule has 0 bridgehead atoms. The summed E-state index contributed by atoms with van der Waals surface area (Å²) < 4.78 is 24.2. The third-order valence-corrected chi connectivity index (χ3v) is 20.5. The van der Waals surface area contributed by atoms with Crippen LogP contribution in [0.1, 0.15) is 222 Å². The van der Waals surface area contributed by atoms with E-state index < -0.39 is 5.41 Å². The molecule has 5 nitrogen and oxygen atoms in total. The van der Waals surface area contributed by atoms with E-state index in [2.05, 4.69) is 106 Å². The highest BCUT2D eigenvalue weighted by Gasteiger charge is 2.48. The Morgan fingerprint density at radius 1 is 0.514 bits per heavy atom. The number of unbranched alkanes of at least 4 members (excludes halogenated alkanes) is 10. The van der Waals surface area contributed by atoms with Gasteiger partial charge in [0.05, 0.1) is 46.4 Å². The molecule has 72 heavy (non-hydrogen) atoms. The molecule has 0 radical (unpaired) electrons. The summed E-state index contributed by atoms with van der Waals surface area (Å²) in [5.41, 5.74) is 5.50. The molecule has 10 heteroatoms. The second-order valence-electron chi connectivity index (χ2n) is 22.5. The lowest BCUT2D eigenvalue weighted by atomic mass is 9.64. The first-order valence-corrected chi connectivity index (χ1v) is 32.4. The first-order valence-electron chi connectivity index (χ1n) is 28.4. The Morgan fingerprint density at radius 3 is 1.56 bits per heavy atom. The van der Waals surface area contributed by atoms with Gasteiger partial charge in [-0.3, -0.25) is 4.79 Å². The van der Waals surface area contributed by atoms with Crippen LogP contribution in [0.15, 0.2) is 36.4 Å². The Morgan fingerprint density at radius 2 is 1.03 bits per heavy atom. The lowest BCUT2D eigenvalue weighted by molar-refractivity contribution is 0.0846. The van der Waals surface area contributed by atoms with Crippen LogP contribution in [0.3, 0.4) is 0 Å². The number of rotatable bonds is 33. The van der Waals surface area contributed by atoms with Crippen molar-refractivity contribution >= 4 is 73.9 Å². The number of aromatic nitrogens is 2. The molecule has 1 aromatic carbocycles. The molecule has 0 saturated heterocycles. The molecule has 2 atom stereocenters. The number of nitrogens with zero attached hydrogens (tertiary/aromatic N) is 2. The minimum Gasteiger partial charge on any atom is -0.489 e. The number of carbonyl (C=O) groups excluding carboxylic acids is 1. The lowest BCUT2D eigenvalue weighted by Gasteiger charge is -2.38. The molecular formula is C62H88N2O3S5. The van der Waals surface area contributed by atoms with Crippen LogP contribution < -0.4 is 9.47 Å². The number of ether oxygens (including phenoxy) is 2. The molecule has 394 valence electrons. The fourth-order valence-electron chi connectivity index (χ4n) is 10.9. The summed E-state index contributed by atoms with van der Waals surface area (Å²) in [4.78, 5) is 25.3. The first kappa shape index (κ1) is 56.8. The van der Waals surface area contributed by atoms with Crippen molar-refractivity contribution in [3.63, 3.8) is 0 Å². The fourth-order valence-corrected chi connectivity index (χ4v) is 15.9. The number of hydrogen-bond donors (Lipinski definition) is 0. The van der Waals surface area contributed by atoms with Crippen molar-refractivity contribution < 1.29 is 14.3 Å². The van der Waals surface area contributed by atoms with Gasteiger partial charge in [-0.25, -0.2) is 0 Å². The topological polar surface area (TPSA) is 61.3 Å². The molecule has 0 aliphatic heterocycles.